The molecule has 0 fully saturated rings. The highest BCUT2D eigenvalue weighted by atomic mass is 19.1. The number of hydrogen-bond donors (Lipinski definition) is 0. The quantitative estimate of drug-likeness (QED) is 0.330. The Morgan fingerprint density at radius 3 is 2.36 bits per heavy atom. The average Bonchev–Trinajstić information content (AvgIpc) is 3.14. The van der Waals surface area contributed by atoms with Gasteiger partial charge in [0.05, 0.1) is 30.2 Å². The van der Waals surface area contributed by atoms with E-state index in [0.29, 0.717) is 41.2 Å². The number of nitrogens with zero attached hydrogens (tertiary/aromatic N) is 1. The molecule has 0 spiro atoms. The smallest absolute Gasteiger partial charge is 0.291 e. The minimum atomic E-state index is -0.714. The Bertz CT molecular complexity index is 1510. The molecule has 1 unspecified atom stereocenters. The van der Waals surface area contributed by atoms with Crippen LogP contribution in [-0.2, 0) is 6.54 Å². The molecule has 0 saturated carbocycles. The number of carbonyl (C=O) groups excluding carboxylic acids is 1. The second kappa shape index (κ2) is 9.49. The molecule has 1 aliphatic heterocycles. The average molecular weight is 488 g/mol. The third-order valence-corrected chi connectivity index (χ3v) is 6.27. The van der Waals surface area contributed by atoms with Gasteiger partial charge in [0.15, 0.2) is 16.9 Å². The Hall–Kier alpha value is -4.13. The van der Waals surface area contributed by atoms with Crippen molar-refractivity contribution in [3.05, 3.63) is 105 Å². The molecular weight excluding hydrogens is 461 g/mol. The van der Waals surface area contributed by atoms with Crippen LogP contribution in [0.2, 0.25) is 0 Å². The minimum absolute atomic E-state index is 0.0234. The molecule has 6 nitrogen and oxygen atoms in total. The zero-order valence-electron chi connectivity index (χ0n) is 20.3. The molecular formula is C29H26FNO5. The topological polar surface area (TPSA) is 69.0 Å². The van der Waals surface area contributed by atoms with Crippen LogP contribution in [0, 0.1) is 12.7 Å². The Balaban J connectivity index is 1.71. The summed E-state index contributed by atoms with van der Waals surface area (Å²) in [6.07, 6.45) is 0. The predicted molar refractivity (Wildman–Crippen MR) is 134 cm³/mol. The first-order chi connectivity index (χ1) is 17.4. The lowest BCUT2D eigenvalue weighted by Gasteiger charge is -2.26. The van der Waals surface area contributed by atoms with E-state index in [4.69, 9.17) is 13.9 Å². The highest BCUT2D eigenvalue weighted by Gasteiger charge is 2.43. The van der Waals surface area contributed by atoms with Crippen molar-refractivity contribution >= 4 is 16.9 Å². The van der Waals surface area contributed by atoms with Crippen LogP contribution in [0.25, 0.3) is 11.0 Å². The standard InChI is InChI=1S/C29H26FNO5/c1-4-34-23-13-9-19(15-24(23)35-5-2)26-25-27(32)21-14-17(3)6-12-22(21)36-28(25)29(33)31(26)16-18-7-10-20(30)11-8-18/h6-15,26H,4-5,16H2,1-3H3. The number of carbonyl (C=O) groups is 1. The van der Waals surface area contributed by atoms with Crippen molar-refractivity contribution in [2.45, 2.75) is 33.4 Å². The first-order valence-electron chi connectivity index (χ1n) is 11.9. The highest BCUT2D eigenvalue weighted by molar-refractivity contribution is 5.99. The molecule has 3 aromatic carbocycles. The van der Waals surface area contributed by atoms with Crippen LogP contribution in [-0.4, -0.2) is 24.0 Å². The molecule has 0 aliphatic carbocycles. The summed E-state index contributed by atoms with van der Waals surface area (Å²) in [4.78, 5) is 29.0. The van der Waals surface area contributed by atoms with Gasteiger partial charge in [0, 0.05) is 6.54 Å². The van der Waals surface area contributed by atoms with E-state index < -0.39 is 11.9 Å². The fraction of sp³-hybridized carbons (Fsp3) is 0.241. The van der Waals surface area contributed by atoms with Crippen molar-refractivity contribution < 1.29 is 23.1 Å². The van der Waals surface area contributed by atoms with Crippen LogP contribution >= 0.6 is 0 Å². The lowest BCUT2D eigenvalue weighted by molar-refractivity contribution is 0.0714. The molecule has 7 heteroatoms. The van der Waals surface area contributed by atoms with Gasteiger partial charge in [-0.2, -0.15) is 0 Å². The zero-order chi connectivity index (χ0) is 25.4. The van der Waals surface area contributed by atoms with Gasteiger partial charge < -0.3 is 18.8 Å². The number of hydrogen-bond acceptors (Lipinski definition) is 5. The third-order valence-electron chi connectivity index (χ3n) is 6.27. The van der Waals surface area contributed by atoms with Gasteiger partial charge >= 0.3 is 0 Å². The summed E-state index contributed by atoms with van der Waals surface area (Å²) in [6.45, 7) is 6.72. The number of fused-ring (bicyclic) bond motifs is 2. The summed E-state index contributed by atoms with van der Waals surface area (Å²) in [5.41, 5.74) is 2.73. The van der Waals surface area contributed by atoms with Gasteiger partial charge in [-0.05, 0) is 68.3 Å². The third kappa shape index (κ3) is 4.11. The number of amides is 1. The van der Waals surface area contributed by atoms with Crippen molar-refractivity contribution in [2.75, 3.05) is 13.2 Å². The Morgan fingerprint density at radius 1 is 0.917 bits per heavy atom. The van der Waals surface area contributed by atoms with E-state index in [2.05, 4.69) is 0 Å². The van der Waals surface area contributed by atoms with Crippen LogP contribution in [0.15, 0.2) is 69.9 Å². The fourth-order valence-corrected chi connectivity index (χ4v) is 4.67. The van der Waals surface area contributed by atoms with Crippen molar-refractivity contribution in [3.8, 4) is 11.5 Å². The molecule has 1 aliphatic rings. The second-order valence-electron chi connectivity index (χ2n) is 8.71. The van der Waals surface area contributed by atoms with E-state index in [1.54, 1.807) is 41.3 Å². The largest absolute Gasteiger partial charge is 0.490 e. The molecule has 184 valence electrons. The molecule has 36 heavy (non-hydrogen) atoms. The summed E-state index contributed by atoms with van der Waals surface area (Å²) in [6, 6.07) is 16.0. The van der Waals surface area contributed by atoms with E-state index in [9.17, 15) is 14.0 Å². The summed E-state index contributed by atoms with van der Waals surface area (Å²) in [5.74, 6) is 0.373. The number of ether oxygens (including phenoxy) is 2. The zero-order valence-corrected chi connectivity index (χ0v) is 20.3. The first kappa shape index (κ1) is 23.6. The summed E-state index contributed by atoms with van der Waals surface area (Å²) < 4.78 is 31.1. The Morgan fingerprint density at radius 2 is 1.64 bits per heavy atom. The molecule has 0 radical (unpaired) electrons. The minimum Gasteiger partial charge on any atom is -0.490 e. The van der Waals surface area contributed by atoms with Crippen molar-refractivity contribution in [1.82, 2.24) is 4.90 Å². The molecule has 5 rings (SSSR count). The van der Waals surface area contributed by atoms with E-state index in [1.807, 2.05) is 32.9 Å². The van der Waals surface area contributed by atoms with E-state index in [1.165, 1.54) is 12.1 Å². The van der Waals surface area contributed by atoms with Gasteiger partial charge in [-0.1, -0.05) is 29.8 Å². The lowest BCUT2D eigenvalue weighted by atomic mass is 9.97. The van der Waals surface area contributed by atoms with E-state index >= 15 is 0 Å². The summed E-state index contributed by atoms with van der Waals surface area (Å²) in [5, 5.41) is 0.422. The van der Waals surface area contributed by atoms with E-state index in [-0.39, 0.29) is 29.1 Å². The van der Waals surface area contributed by atoms with Crippen LogP contribution in [0.1, 0.15) is 52.7 Å². The SMILES string of the molecule is CCOc1ccc(C2c3c(oc4ccc(C)cc4c3=O)C(=O)N2Cc2ccc(F)cc2)cc1OCC. The van der Waals surface area contributed by atoms with Crippen molar-refractivity contribution in [3.63, 3.8) is 0 Å². The molecule has 1 aromatic heterocycles. The predicted octanol–water partition coefficient (Wildman–Crippen LogP) is 5.78. The van der Waals surface area contributed by atoms with Crippen LogP contribution < -0.4 is 14.9 Å². The summed E-state index contributed by atoms with van der Waals surface area (Å²) in [7, 11) is 0. The molecule has 4 aromatic rings. The molecule has 0 saturated heterocycles. The van der Waals surface area contributed by atoms with Crippen molar-refractivity contribution in [2.24, 2.45) is 0 Å². The van der Waals surface area contributed by atoms with Crippen LogP contribution in [0.3, 0.4) is 0 Å². The maximum Gasteiger partial charge on any atom is 0.291 e. The molecule has 2 heterocycles. The van der Waals surface area contributed by atoms with Gasteiger partial charge in [0.25, 0.3) is 5.91 Å². The van der Waals surface area contributed by atoms with Gasteiger partial charge in [0.1, 0.15) is 11.4 Å². The summed E-state index contributed by atoms with van der Waals surface area (Å²) >= 11 is 0. The highest BCUT2D eigenvalue weighted by Crippen LogP contribution is 2.41. The van der Waals surface area contributed by atoms with Gasteiger partial charge in [0.2, 0.25) is 5.76 Å². The molecule has 1 atom stereocenters. The number of halogens is 1. The van der Waals surface area contributed by atoms with Crippen LogP contribution in [0.4, 0.5) is 4.39 Å². The fourth-order valence-electron chi connectivity index (χ4n) is 4.67. The second-order valence-corrected chi connectivity index (χ2v) is 8.71. The Kier molecular flexibility index (Phi) is 6.22. The number of benzene rings is 3. The number of rotatable bonds is 7. The molecule has 1 amide bonds. The monoisotopic (exact) mass is 487 g/mol. The lowest BCUT2D eigenvalue weighted by Crippen LogP contribution is -2.29. The van der Waals surface area contributed by atoms with Gasteiger partial charge in [-0.25, -0.2) is 4.39 Å². The van der Waals surface area contributed by atoms with Crippen molar-refractivity contribution in [1.29, 1.82) is 0 Å². The molecule has 0 bridgehead atoms. The van der Waals surface area contributed by atoms with E-state index in [0.717, 1.165) is 11.1 Å². The maximum atomic E-state index is 13.8. The number of aryl methyl sites for hydroxylation is 1. The van der Waals surface area contributed by atoms with Gasteiger partial charge in [-0.3, -0.25) is 9.59 Å². The van der Waals surface area contributed by atoms with Crippen LogP contribution in [0.5, 0.6) is 11.5 Å². The normalized spacial score (nSPS) is 14.8. The first-order valence-corrected chi connectivity index (χ1v) is 11.9. The Labute approximate surface area is 207 Å². The van der Waals surface area contributed by atoms with Gasteiger partial charge in [-0.15, -0.1) is 0 Å². The molecule has 0 N–H and O–H groups in total. The maximum absolute atomic E-state index is 13.8.